The Hall–Kier alpha value is -1.00. The maximum atomic E-state index is 6.00. The van der Waals surface area contributed by atoms with Gasteiger partial charge < -0.3 is 15.0 Å². The number of rotatable bonds is 4. The Morgan fingerprint density at radius 2 is 2.17 bits per heavy atom. The van der Waals surface area contributed by atoms with Crippen molar-refractivity contribution < 1.29 is 4.74 Å². The SMILES string of the molecule is COc1ccc(Cl)cc1CN(C)C(=S)NC(C)C. The highest BCUT2D eigenvalue weighted by Crippen LogP contribution is 2.23. The van der Waals surface area contributed by atoms with E-state index < -0.39 is 0 Å². The fourth-order valence-electron chi connectivity index (χ4n) is 1.56. The molecule has 0 aliphatic rings. The lowest BCUT2D eigenvalue weighted by molar-refractivity contribution is 0.397. The van der Waals surface area contributed by atoms with Crippen molar-refractivity contribution in [3.63, 3.8) is 0 Å². The molecule has 1 rings (SSSR count). The molecule has 0 radical (unpaired) electrons. The summed E-state index contributed by atoms with van der Waals surface area (Å²) < 4.78 is 5.31. The molecular weight excluding hydrogens is 268 g/mol. The zero-order chi connectivity index (χ0) is 13.7. The summed E-state index contributed by atoms with van der Waals surface area (Å²) in [6.45, 7) is 4.77. The summed E-state index contributed by atoms with van der Waals surface area (Å²) in [4.78, 5) is 1.96. The second kappa shape index (κ2) is 6.81. The van der Waals surface area contributed by atoms with Gasteiger partial charge >= 0.3 is 0 Å². The van der Waals surface area contributed by atoms with E-state index in [0.29, 0.717) is 22.7 Å². The van der Waals surface area contributed by atoms with E-state index in [-0.39, 0.29) is 0 Å². The van der Waals surface area contributed by atoms with Crippen LogP contribution in [0.25, 0.3) is 0 Å². The molecule has 0 unspecified atom stereocenters. The van der Waals surface area contributed by atoms with Crippen LogP contribution < -0.4 is 10.1 Å². The standard InChI is InChI=1S/C13H19ClN2OS/c1-9(2)15-13(18)16(3)8-10-7-11(14)5-6-12(10)17-4/h5-7,9H,8H2,1-4H3,(H,15,18). The topological polar surface area (TPSA) is 24.5 Å². The normalized spacial score (nSPS) is 10.3. The van der Waals surface area contributed by atoms with Crippen LogP contribution in [0.1, 0.15) is 19.4 Å². The van der Waals surface area contributed by atoms with Crippen molar-refractivity contribution in [3.05, 3.63) is 28.8 Å². The molecule has 0 bridgehead atoms. The van der Waals surface area contributed by atoms with E-state index in [1.165, 1.54) is 0 Å². The summed E-state index contributed by atoms with van der Waals surface area (Å²) in [5.41, 5.74) is 1.01. The van der Waals surface area contributed by atoms with Gasteiger partial charge in [-0.05, 0) is 44.3 Å². The Kier molecular flexibility index (Phi) is 5.69. The van der Waals surface area contributed by atoms with Crippen LogP contribution in [0, 0.1) is 0 Å². The van der Waals surface area contributed by atoms with E-state index in [4.69, 9.17) is 28.6 Å². The van der Waals surface area contributed by atoms with Crippen molar-refractivity contribution in [2.75, 3.05) is 14.2 Å². The first-order valence-electron chi connectivity index (χ1n) is 5.78. The number of ether oxygens (including phenoxy) is 1. The number of hydrogen-bond acceptors (Lipinski definition) is 2. The van der Waals surface area contributed by atoms with Gasteiger partial charge in [0.05, 0.1) is 7.11 Å². The molecular formula is C13H19ClN2OS. The van der Waals surface area contributed by atoms with Crippen LogP contribution in [0.2, 0.25) is 5.02 Å². The van der Waals surface area contributed by atoms with Crippen LogP contribution in [0.5, 0.6) is 5.75 Å². The summed E-state index contributed by atoms with van der Waals surface area (Å²) in [5, 5.41) is 4.61. The molecule has 100 valence electrons. The molecule has 0 saturated heterocycles. The molecule has 0 aliphatic heterocycles. The fourth-order valence-corrected chi connectivity index (χ4v) is 2.05. The van der Waals surface area contributed by atoms with Gasteiger partial charge in [-0.15, -0.1) is 0 Å². The summed E-state index contributed by atoms with van der Waals surface area (Å²) >= 11 is 11.3. The van der Waals surface area contributed by atoms with E-state index in [9.17, 15) is 0 Å². The van der Waals surface area contributed by atoms with Gasteiger partial charge in [0, 0.05) is 30.2 Å². The van der Waals surface area contributed by atoms with Crippen molar-refractivity contribution in [1.82, 2.24) is 10.2 Å². The van der Waals surface area contributed by atoms with Gasteiger partial charge in [-0.2, -0.15) is 0 Å². The van der Waals surface area contributed by atoms with Gasteiger partial charge in [0.25, 0.3) is 0 Å². The van der Waals surface area contributed by atoms with Gasteiger partial charge in [-0.1, -0.05) is 11.6 Å². The number of halogens is 1. The minimum atomic E-state index is 0.321. The zero-order valence-corrected chi connectivity index (χ0v) is 12.7. The Labute approximate surface area is 119 Å². The van der Waals surface area contributed by atoms with Gasteiger partial charge in [0.2, 0.25) is 0 Å². The third-order valence-corrected chi connectivity index (χ3v) is 3.07. The number of methoxy groups -OCH3 is 1. The lowest BCUT2D eigenvalue weighted by Gasteiger charge is -2.23. The molecule has 0 saturated carbocycles. The van der Waals surface area contributed by atoms with Crippen molar-refractivity contribution in [2.45, 2.75) is 26.4 Å². The van der Waals surface area contributed by atoms with E-state index in [1.54, 1.807) is 7.11 Å². The van der Waals surface area contributed by atoms with Crippen LogP contribution in [0.4, 0.5) is 0 Å². The van der Waals surface area contributed by atoms with Crippen molar-refractivity contribution in [2.24, 2.45) is 0 Å². The highest BCUT2D eigenvalue weighted by atomic mass is 35.5. The number of nitrogens with zero attached hydrogens (tertiary/aromatic N) is 1. The second-order valence-electron chi connectivity index (χ2n) is 4.42. The Morgan fingerprint density at radius 1 is 1.50 bits per heavy atom. The summed E-state index contributed by atoms with van der Waals surface area (Å²) in [7, 11) is 3.59. The lowest BCUT2D eigenvalue weighted by atomic mass is 10.2. The molecule has 0 spiro atoms. The number of benzene rings is 1. The molecule has 1 aromatic carbocycles. The monoisotopic (exact) mass is 286 g/mol. The first-order chi connectivity index (χ1) is 8.43. The average Bonchev–Trinajstić information content (AvgIpc) is 2.28. The first-order valence-corrected chi connectivity index (χ1v) is 6.56. The van der Waals surface area contributed by atoms with Gasteiger partial charge in [-0.25, -0.2) is 0 Å². The highest BCUT2D eigenvalue weighted by molar-refractivity contribution is 7.80. The zero-order valence-electron chi connectivity index (χ0n) is 11.2. The molecule has 18 heavy (non-hydrogen) atoms. The van der Waals surface area contributed by atoms with Gasteiger partial charge in [0.15, 0.2) is 5.11 Å². The summed E-state index contributed by atoms with van der Waals surface area (Å²) in [5.74, 6) is 0.818. The molecule has 3 nitrogen and oxygen atoms in total. The average molecular weight is 287 g/mol. The maximum absolute atomic E-state index is 6.00. The lowest BCUT2D eigenvalue weighted by Crippen LogP contribution is -2.40. The van der Waals surface area contributed by atoms with E-state index in [2.05, 4.69) is 19.2 Å². The minimum Gasteiger partial charge on any atom is -0.496 e. The Balaban J connectivity index is 2.77. The molecule has 0 heterocycles. The third kappa shape index (κ3) is 4.35. The molecule has 0 amide bonds. The van der Waals surface area contributed by atoms with E-state index in [0.717, 1.165) is 11.3 Å². The maximum Gasteiger partial charge on any atom is 0.169 e. The summed E-state index contributed by atoms with van der Waals surface area (Å²) in [6, 6.07) is 5.90. The second-order valence-corrected chi connectivity index (χ2v) is 5.24. The third-order valence-electron chi connectivity index (χ3n) is 2.41. The van der Waals surface area contributed by atoms with Crippen LogP contribution in [-0.2, 0) is 6.54 Å². The van der Waals surface area contributed by atoms with Gasteiger partial charge in [-0.3, -0.25) is 0 Å². The first kappa shape index (κ1) is 15.1. The van der Waals surface area contributed by atoms with Gasteiger partial charge in [0.1, 0.15) is 5.75 Å². The van der Waals surface area contributed by atoms with Crippen LogP contribution in [0.3, 0.4) is 0 Å². The molecule has 0 atom stereocenters. The molecule has 1 aromatic rings. The highest BCUT2D eigenvalue weighted by Gasteiger charge is 2.10. The van der Waals surface area contributed by atoms with Crippen molar-refractivity contribution >= 4 is 28.9 Å². The van der Waals surface area contributed by atoms with E-state index in [1.807, 2.05) is 30.1 Å². The largest absolute Gasteiger partial charge is 0.496 e. The molecule has 0 fully saturated rings. The van der Waals surface area contributed by atoms with Crippen molar-refractivity contribution in [3.8, 4) is 5.75 Å². The Bertz CT molecular complexity index is 423. The fraction of sp³-hybridized carbons (Fsp3) is 0.462. The number of hydrogen-bond donors (Lipinski definition) is 1. The van der Waals surface area contributed by atoms with Crippen molar-refractivity contribution in [1.29, 1.82) is 0 Å². The molecule has 0 aliphatic carbocycles. The molecule has 1 N–H and O–H groups in total. The smallest absolute Gasteiger partial charge is 0.169 e. The van der Waals surface area contributed by atoms with Crippen LogP contribution in [0.15, 0.2) is 18.2 Å². The number of nitrogens with one attached hydrogen (secondary N) is 1. The predicted molar refractivity (Wildman–Crippen MR) is 80.3 cm³/mol. The Morgan fingerprint density at radius 3 is 2.72 bits per heavy atom. The number of thiocarbonyl (C=S) groups is 1. The van der Waals surface area contributed by atoms with Crippen LogP contribution in [-0.4, -0.2) is 30.2 Å². The van der Waals surface area contributed by atoms with Crippen LogP contribution >= 0.6 is 23.8 Å². The quantitative estimate of drug-likeness (QED) is 0.860. The predicted octanol–water partition coefficient (Wildman–Crippen LogP) is 3.06. The van der Waals surface area contributed by atoms with E-state index >= 15 is 0 Å². The minimum absolute atomic E-state index is 0.321. The molecule has 0 aromatic heterocycles. The summed E-state index contributed by atoms with van der Waals surface area (Å²) in [6.07, 6.45) is 0. The molecule has 5 heteroatoms.